The second kappa shape index (κ2) is 11.9. The van der Waals surface area contributed by atoms with Crippen LogP contribution in [0.25, 0.3) is 0 Å². The molecule has 0 spiro atoms. The number of para-hydroxylation sites is 1. The van der Waals surface area contributed by atoms with E-state index in [2.05, 4.69) is 57.8 Å². The maximum atomic E-state index is 8.51. The summed E-state index contributed by atoms with van der Waals surface area (Å²) >= 11 is 0. The Bertz CT molecular complexity index is 523. The molecule has 2 heterocycles. The zero-order valence-electron chi connectivity index (χ0n) is 15.6. The highest BCUT2D eigenvalue weighted by atomic mass is 35.5. The fraction of sp³-hybridized carbons (Fsp3) is 0.611. The summed E-state index contributed by atoms with van der Waals surface area (Å²) in [7, 11) is 2.20. The lowest BCUT2D eigenvalue weighted by atomic mass is 10.1. The van der Waals surface area contributed by atoms with Crippen LogP contribution in [0.5, 0.6) is 0 Å². The molecule has 0 aromatic heterocycles. The summed E-state index contributed by atoms with van der Waals surface area (Å²) in [6.45, 7) is 9.83. The third kappa shape index (κ3) is 5.89. The van der Waals surface area contributed by atoms with Crippen molar-refractivity contribution in [1.29, 1.82) is 5.41 Å². The van der Waals surface area contributed by atoms with Gasteiger partial charge in [0.1, 0.15) is 0 Å². The summed E-state index contributed by atoms with van der Waals surface area (Å²) in [6.07, 6.45) is 1.12. The van der Waals surface area contributed by atoms with Gasteiger partial charge < -0.3 is 19.6 Å². The molecule has 0 radical (unpaired) electrons. The first-order valence-corrected chi connectivity index (χ1v) is 8.77. The van der Waals surface area contributed by atoms with Crippen LogP contribution in [-0.4, -0.2) is 79.6 Å². The molecule has 0 aliphatic carbocycles. The van der Waals surface area contributed by atoms with Crippen LogP contribution in [0.15, 0.2) is 30.3 Å². The molecule has 0 bridgehead atoms. The summed E-state index contributed by atoms with van der Waals surface area (Å²) in [5, 5.41) is 8.51. The molecule has 2 saturated heterocycles. The van der Waals surface area contributed by atoms with E-state index in [-0.39, 0.29) is 37.2 Å². The van der Waals surface area contributed by atoms with Crippen molar-refractivity contribution in [3.63, 3.8) is 0 Å². The SMILES string of the molecule is CCN1CC(CCN2CCN(C)CC2)N(c2ccccc2)C1=N.Cl.Cl.Cl. The van der Waals surface area contributed by atoms with Crippen LogP contribution < -0.4 is 4.90 Å². The zero-order valence-corrected chi connectivity index (χ0v) is 18.1. The van der Waals surface area contributed by atoms with Gasteiger partial charge >= 0.3 is 0 Å². The lowest BCUT2D eigenvalue weighted by molar-refractivity contribution is 0.150. The molecule has 1 unspecified atom stereocenters. The lowest BCUT2D eigenvalue weighted by Gasteiger charge is -2.33. The predicted octanol–water partition coefficient (Wildman–Crippen LogP) is 3.03. The van der Waals surface area contributed by atoms with Gasteiger partial charge in [-0.25, -0.2) is 0 Å². The van der Waals surface area contributed by atoms with Gasteiger partial charge in [-0.05, 0) is 32.5 Å². The van der Waals surface area contributed by atoms with Crippen molar-refractivity contribution in [2.45, 2.75) is 19.4 Å². The summed E-state index contributed by atoms with van der Waals surface area (Å²) < 4.78 is 0. The quantitative estimate of drug-likeness (QED) is 0.788. The van der Waals surface area contributed by atoms with Gasteiger partial charge in [0, 0.05) is 51.5 Å². The number of hydrogen-bond donors (Lipinski definition) is 1. The number of guanidine groups is 1. The number of nitrogens with one attached hydrogen (secondary N) is 1. The average molecular weight is 425 g/mol. The number of nitrogens with zero attached hydrogens (tertiary/aromatic N) is 4. The van der Waals surface area contributed by atoms with Crippen LogP contribution in [0.4, 0.5) is 5.69 Å². The van der Waals surface area contributed by atoms with E-state index in [1.165, 1.54) is 26.2 Å². The first kappa shape index (κ1) is 25.3. The van der Waals surface area contributed by atoms with E-state index in [9.17, 15) is 0 Å². The Hall–Kier alpha value is -0.720. The Morgan fingerprint density at radius 1 is 1.00 bits per heavy atom. The Morgan fingerprint density at radius 3 is 2.19 bits per heavy atom. The molecule has 2 fully saturated rings. The van der Waals surface area contributed by atoms with Crippen molar-refractivity contribution in [3.05, 3.63) is 30.3 Å². The van der Waals surface area contributed by atoms with E-state index in [0.29, 0.717) is 12.0 Å². The maximum Gasteiger partial charge on any atom is 0.198 e. The van der Waals surface area contributed by atoms with Gasteiger partial charge in [0.2, 0.25) is 0 Å². The van der Waals surface area contributed by atoms with Gasteiger partial charge in [0.05, 0.1) is 6.04 Å². The molecule has 5 nitrogen and oxygen atoms in total. The highest BCUT2D eigenvalue weighted by Gasteiger charge is 2.34. The Morgan fingerprint density at radius 2 is 1.62 bits per heavy atom. The number of piperazine rings is 1. The molecule has 1 aromatic rings. The molecule has 2 aliphatic rings. The lowest BCUT2D eigenvalue weighted by Crippen LogP contribution is -2.46. The van der Waals surface area contributed by atoms with E-state index >= 15 is 0 Å². The predicted molar refractivity (Wildman–Crippen MR) is 118 cm³/mol. The average Bonchev–Trinajstić information content (AvgIpc) is 2.91. The van der Waals surface area contributed by atoms with Gasteiger partial charge in [-0.2, -0.15) is 0 Å². The highest BCUT2D eigenvalue weighted by molar-refractivity contribution is 5.96. The number of halogens is 3. The molecule has 150 valence electrons. The molecule has 1 N–H and O–H groups in total. The molecule has 1 atom stereocenters. The Kier molecular flexibility index (Phi) is 11.6. The smallest absolute Gasteiger partial charge is 0.198 e. The molecule has 3 rings (SSSR count). The Balaban J connectivity index is 0.00000208. The molecule has 0 saturated carbocycles. The van der Waals surface area contributed by atoms with Crippen LogP contribution in [0.3, 0.4) is 0 Å². The Labute approximate surface area is 176 Å². The summed E-state index contributed by atoms with van der Waals surface area (Å²) in [4.78, 5) is 9.37. The normalized spacial score (nSPS) is 21.0. The number of benzene rings is 1. The standard InChI is InChI=1S/C18H29N5.3ClH/c1-3-22-15-17(9-10-21-13-11-20(2)12-14-21)23(18(22)19)16-7-5-4-6-8-16;;;/h4-8,17,19H,3,9-15H2,1-2H3;3*1H. The first-order valence-electron chi connectivity index (χ1n) is 8.77. The van der Waals surface area contributed by atoms with E-state index in [0.717, 1.165) is 31.7 Å². The minimum absolute atomic E-state index is 0. The van der Waals surface area contributed by atoms with Crippen LogP contribution in [0.2, 0.25) is 0 Å². The van der Waals surface area contributed by atoms with Gasteiger partial charge in [-0.3, -0.25) is 5.41 Å². The number of hydrogen-bond acceptors (Lipinski definition) is 3. The molecule has 8 heteroatoms. The molecular weight excluding hydrogens is 393 g/mol. The zero-order chi connectivity index (χ0) is 16.2. The van der Waals surface area contributed by atoms with Gasteiger partial charge in [0.25, 0.3) is 0 Å². The van der Waals surface area contributed by atoms with E-state index in [1.54, 1.807) is 0 Å². The van der Waals surface area contributed by atoms with Gasteiger partial charge in [-0.15, -0.1) is 37.2 Å². The molecule has 26 heavy (non-hydrogen) atoms. The minimum Gasteiger partial charge on any atom is -0.341 e. The van der Waals surface area contributed by atoms with Crippen LogP contribution >= 0.6 is 37.2 Å². The number of rotatable bonds is 5. The highest BCUT2D eigenvalue weighted by Crippen LogP contribution is 2.26. The fourth-order valence-electron chi connectivity index (χ4n) is 3.57. The summed E-state index contributed by atoms with van der Waals surface area (Å²) in [5.41, 5.74) is 1.15. The number of anilines is 1. The van der Waals surface area contributed by atoms with Crippen molar-refractivity contribution < 1.29 is 0 Å². The molecular formula is C18H32Cl3N5. The topological polar surface area (TPSA) is 36.8 Å². The molecule has 1 aromatic carbocycles. The van der Waals surface area contributed by atoms with E-state index in [1.807, 2.05) is 6.07 Å². The van der Waals surface area contributed by atoms with E-state index < -0.39 is 0 Å². The monoisotopic (exact) mass is 423 g/mol. The second-order valence-corrected chi connectivity index (χ2v) is 6.66. The first-order chi connectivity index (χ1) is 11.2. The number of likely N-dealkylation sites (N-methyl/N-ethyl adjacent to an activating group) is 2. The summed E-state index contributed by atoms with van der Waals surface area (Å²) in [6, 6.07) is 10.8. The van der Waals surface area contributed by atoms with Crippen molar-refractivity contribution in [3.8, 4) is 0 Å². The second-order valence-electron chi connectivity index (χ2n) is 6.66. The fourth-order valence-corrected chi connectivity index (χ4v) is 3.57. The third-order valence-corrected chi connectivity index (χ3v) is 5.11. The summed E-state index contributed by atoms with van der Waals surface area (Å²) in [5.74, 6) is 0.655. The molecule has 0 amide bonds. The van der Waals surface area contributed by atoms with Crippen molar-refractivity contribution in [2.24, 2.45) is 0 Å². The van der Waals surface area contributed by atoms with Gasteiger partial charge in [-0.1, -0.05) is 18.2 Å². The van der Waals surface area contributed by atoms with Crippen LogP contribution in [-0.2, 0) is 0 Å². The van der Waals surface area contributed by atoms with Crippen molar-refractivity contribution in [1.82, 2.24) is 14.7 Å². The van der Waals surface area contributed by atoms with Crippen LogP contribution in [0.1, 0.15) is 13.3 Å². The minimum atomic E-state index is 0. The van der Waals surface area contributed by atoms with Crippen LogP contribution in [0, 0.1) is 5.41 Å². The maximum absolute atomic E-state index is 8.51. The van der Waals surface area contributed by atoms with E-state index in [4.69, 9.17) is 5.41 Å². The molecule has 2 aliphatic heterocycles. The van der Waals surface area contributed by atoms with Crippen molar-refractivity contribution >= 4 is 48.9 Å². The third-order valence-electron chi connectivity index (χ3n) is 5.11. The van der Waals surface area contributed by atoms with Gasteiger partial charge in [0.15, 0.2) is 5.96 Å². The largest absolute Gasteiger partial charge is 0.341 e. The van der Waals surface area contributed by atoms with Crippen molar-refractivity contribution in [2.75, 3.05) is 57.8 Å².